The molecular formula is C24H20F3N3O3S. The van der Waals surface area contributed by atoms with E-state index < -0.39 is 41.5 Å². The van der Waals surface area contributed by atoms with Gasteiger partial charge in [0.05, 0.1) is 23.5 Å². The Labute approximate surface area is 197 Å². The Morgan fingerprint density at radius 2 is 1.53 bits per heavy atom. The van der Waals surface area contributed by atoms with Crippen molar-refractivity contribution in [2.24, 2.45) is 0 Å². The highest BCUT2D eigenvalue weighted by Crippen LogP contribution is 2.23. The number of hydrogen-bond donors (Lipinski definition) is 3. The van der Waals surface area contributed by atoms with Crippen LogP contribution in [0.2, 0.25) is 0 Å². The Morgan fingerprint density at radius 3 is 2.26 bits per heavy atom. The van der Waals surface area contributed by atoms with Crippen LogP contribution in [0.15, 0.2) is 65.6 Å². The van der Waals surface area contributed by atoms with Gasteiger partial charge in [-0.1, -0.05) is 29.8 Å². The number of carbonyl (C=O) groups is 3. The Bertz CT molecular complexity index is 1220. The summed E-state index contributed by atoms with van der Waals surface area (Å²) < 4.78 is 40.0. The van der Waals surface area contributed by atoms with E-state index >= 15 is 0 Å². The summed E-state index contributed by atoms with van der Waals surface area (Å²) in [5.41, 5.74) is 1.41. The van der Waals surface area contributed by atoms with E-state index in [0.29, 0.717) is 16.6 Å². The van der Waals surface area contributed by atoms with Crippen LogP contribution in [0.4, 0.5) is 24.5 Å². The summed E-state index contributed by atoms with van der Waals surface area (Å²) in [4.78, 5) is 37.4. The number of hydrogen-bond acceptors (Lipinski definition) is 4. The molecule has 0 aliphatic rings. The SMILES string of the molecule is Cc1ccc(NC(=O)CSc2ccccc2C(=O)NCC(=O)Nc2ccc(F)c(F)c2F)cc1. The second kappa shape index (κ2) is 11.4. The van der Waals surface area contributed by atoms with E-state index in [2.05, 4.69) is 16.0 Å². The van der Waals surface area contributed by atoms with E-state index in [1.807, 2.05) is 19.1 Å². The maximum absolute atomic E-state index is 13.7. The molecule has 3 rings (SSSR count). The number of anilines is 2. The van der Waals surface area contributed by atoms with Crippen LogP contribution in [0.25, 0.3) is 0 Å². The monoisotopic (exact) mass is 487 g/mol. The van der Waals surface area contributed by atoms with Crippen molar-refractivity contribution in [1.29, 1.82) is 0 Å². The van der Waals surface area contributed by atoms with E-state index in [4.69, 9.17) is 0 Å². The number of benzene rings is 3. The summed E-state index contributed by atoms with van der Waals surface area (Å²) in [5.74, 6) is -6.26. The number of aryl methyl sites for hydroxylation is 1. The fourth-order valence-electron chi connectivity index (χ4n) is 2.83. The summed E-state index contributed by atoms with van der Waals surface area (Å²) in [6.07, 6.45) is 0. The number of carbonyl (C=O) groups excluding carboxylic acids is 3. The van der Waals surface area contributed by atoms with Crippen LogP contribution in [0.3, 0.4) is 0 Å². The van der Waals surface area contributed by atoms with Gasteiger partial charge in [0.2, 0.25) is 11.8 Å². The molecule has 6 nitrogen and oxygen atoms in total. The molecule has 34 heavy (non-hydrogen) atoms. The molecule has 3 aromatic rings. The third-order valence-corrected chi connectivity index (χ3v) is 5.62. The molecule has 0 heterocycles. The molecule has 0 aromatic heterocycles. The molecular weight excluding hydrogens is 467 g/mol. The quantitative estimate of drug-likeness (QED) is 0.322. The summed E-state index contributed by atoms with van der Waals surface area (Å²) in [6, 6.07) is 15.4. The standard InChI is InChI=1S/C24H20F3N3O3S/c1-14-6-8-15(9-7-14)29-21(32)13-34-19-5-3-2-4-16(19)24(33)28-12-20(31)30-18-11-10-17(25)22(26)23(18)27/h2-11H,12-13H2,1H3,(H,28,33)(H,29,32)(H,30,31). The first kappa shape index (κ1) is 24.8. The van der Waals surface area contributed by atoms with Crippen molar-refractivity contribution in [3.63, 3.8) is 0 Å². The zero-order chi connectivity index (χ0) is 24.7. The average molecular weight is 488 g/mol. The first-order valence-corrected chi connectivity index (χ1v) is 11.0. The molecule has 10 heteroatoms. The van der Waals surface area contributed by atoms with Crippen LogP contribution in [0, 0.1) is 24.4 Å². The highest BCUT2D eigenvalue weighted by molar-refractivity contribution is 8.00. The molecule has 0 saturated carbocycles. The third-order valence-electron chi connectivity index (χ3n) is 4.54. The molecule has 3 N–H and O–H groups in total. The second-order valence-corrected chi connectivity index (χ2v) is 8.17. The van der Waals surface area contributed by atoms with E-state index in [0.717, 1.165) is 23.4 Å². The number of halogens is 3. The van der Waals surface area contributed by atoms with Gasteiger partial charge < -0.3 is 16.0 Å². The van der Waals surface area contributed by atoms with E-state index in [1.165, 1.54) is 6.07 Å². The number of rotatable bonds is 8. The van der Waals surface area contributed by atoms with E-state index in [1.54, 1.807) is 30.3 Å². The smallest absolute Gasteiger partial charge is 0.252 e. The Balaban J connectivity index is 1.55. The molecule has 0 fully saturated rings. The van der Waals surface area contributed by atoms with Crippen molar-refractivity contribution < 1.29 is 27.6 Å². The van der Waals surface area contributed by atoms with Gasteiger partial charge in [-0.2, -0.15) is 0 Å². The Kier molecular flexibility index (Phi) is 8.31. The molecule has 0 bridgehead atoms. The zero-order valence-corrected chi connectivity index (χ0v) is 18.8. The fourth-order valence-corrected chi connectivity index (χ4v) is 3.68. The van der Waals surface area contributed by atoms with E-state index in [-0.39, 0.29) is 17.2 Å². The molecule has 0 unspecified atom stereocenters. The zero-order valence-electron chi connectivity index (χ0n) is 18.0. The van der Waals surface area contributed by atoms with Gasteiger partial charge in [0.25, 0.3) is 5.91 Å². The van der Waals surface area contributed by atoms with Gasteiger partial charge in [0.1, 0.15) is 0 Å². The molecule has 3 aromatic carbocycles. The van der Waals surface area contributed by atoms with Crippen molar-refractivity contribution in [1.82, 2.24) is 5.32 Å². The first-order chi connectivity index (χ1) is 16.2. The molecule has 0 spiro atoms. The van der Waals surface area contributed by atoms with Gasteiger partial charge in [-0.05, 0) is 43.3 Å². The van der Waals surface area contributed by atoms with Gasteiger partial charge >= 0.3 is 0 Å². The van der Waals surface area contributed by atoms with Crippen LogP contribution >= 0.6 is 11.8 Å². The topological polar surface area (TPSA) is 87.3 Å². The Hall–Kier alpha value is -3.79. The summed E-state index contributed by atoms with van der Waals surface area (Å²) in [6.45, 7) is 1.40. The van der Waals surface area contributed by atoms with Gasteiger partial charge in [-0.3, -0.25) is 14.4 Å². The van der Waals surface area contributed by atoms with Gasteiger partial charge in [-0.25, -0.2) is 13.2 Å². The summed E-state index contributed by atoms with van der Waals surface area (Å²) in [7, 11) is 0. The van der Waals surface area contributed by atoms with Crippen LogP contribution in [-0.4, -0.2) is 30.0 Å². The van der Waals surface area contributed by atoms with E-state index in [9.17, 15) is 27.6 Å². The van der Waals surface area contributed by atoms with Crippen molar-refractivity contribution in [2.45, 2.75) is 11.8 Å². The van der Waals surface area contributed by atoms with Crippen LogP contribution in [0.1, 0.15) is 15.9 Å². The summed E-state index contributed by atoms with van der Waals surface area (Å²) >= 11 is 1.15. The number of nitrogens with one attached hydrogen (secondary N) is 3. The maximum atomic E-state index is 13.7. The number of thioether (sulfide) groups is 1. The van der Waals surface area contributed by atoms with Crippen molar-refractivity contribution in [2.75, 3.05) is 22.9 Å². The average Bonchev–Trinajstić information content (AvgIpc) is 2.83. The lowest BCUT2D eigenvalue weighted by molar-refractivity contribution is -0.115. The Morgan fingerprint density at radius 1 is 0.824 bits per heavy atom. The molecule has 0 radical (unpaired) electrons. The maximum Gasteiger partial charge on any atom is 0.252 e. The van der Waals surface area contributed by atoms with Crippen LogP contribution in [-0.2, 0) is 9.59 Å². The molecule has 176 valence electrons. The van der Waals surface area contributed by atoms with Gasteiger partial charge in [0, 0.05) is 10.6 Å². The predicted molar refractivity (Wildman–Crippen MR) is 124 cm³/mol. The minimum atomic E-state index is -1.71. The lowest BCUT2D eigenvalue weighted by Gasteiger charge is -2.11. The molecule has 0 aliphatic carbocycles. The van der Waals surface area contributed by atoms with Crippen molar-refractivity contribution in [3.8, 4) is 0 Å². The highest BCUT2D eigenvalue weighted by Gasteiger charge is 2.17. The molecule has 3 amide bonds. The van der Waals surface area contributed by atoms with Crippen LogP contribution in [0.5, 0.6) is 0 Å². The lowest BCUT2D eigenvalue weighted by Crippen LogP contribution is -2.33. The number of amides is 3. The van der Waals surface area contributed by atoms with Crippen LogP contribution < -0.4 is 16.0 Å². The van der Waals surface area contributed by atoms with Crippen molar-refractivity contribution in [3.05, 3.63) is 89.2 Å². The minimum absolute atomic E-state index is 0.0497. The molecule has 0 saturated heterocycles. The fraction of sp³-hybridized carbons (Fsp3) is 0.125. The highest BCUT2D eigenvalue weighted by atomic mass is 32.2. The lowest BCUT2D eigenvalue weighted by atomic mass is 10.2. The molecule has 0 aliphatic heterocycles. The largest absolute Gasteiger partial charge is 0.343 e. The predicted octanol–water partition coefficient (Wildman–Crippen LogP) is 4.51. The van der Waals surface area contributed by atoms with Gasteiger partial charge in [-0.15, -0.1) is 11.8 Å². The minimum Gasteiger partial charge on any atom is -0.343 e. The summed E-state index contributed by atoms with van der Waals surface area (Å²) in [5, 5.41) is 7.22. The van der Waals surface area contributed by atoms with Gasteiger partial charge in [0.15, 0.2) is 17.5 Å². The third kappa shape index (κ3) is 6.61. The second-order valence-electron chi connectivity index (χ2n) is 7.15. The first-order valence-electron chi connectivity index (χ1n) is 10.0. The van der Waals surface area contributed by atoms with Crippen molar-refractivity contribution >= 4 is 40.9 Å². The molecule has 0 atom stereocenters. The normalized spacial score (nSPS) is 10.5.